The Hall–Kier alpha value is -0.0800. The number of ether oxygens (including phenoxy) is 2. The first-order valence-corrected chi connectivity index (χ1v) is 7.85. The summed E-state index contributed by atoms with van der Waals surface area (Å²) >= 11 is 0. The molecule has 2 fully saturated rings. The zero-order valence-electron chi connectivity index (χ0n) is 13.6. The molecule has 1 heterocycles. The van der Waals surface area contributed by atoms with Crippen molar-refractivity contribution in [2.75, 3.05) is 32.9 Å². The van der Waals surface area contributed by atoms with Crippen molar-refractivity contribution in [1.82, 2.24) is 10.6 Å². The predicted octanol–water partition coefficient (Wildman–Crippen LogP) is 2.01. The van der Waals surface area contributed by atoms with Gasteiger partial charge in [-0.2, -0.15) is 0 Å². The van der Waals surface area contributed by atoms with Crippen LogP contribution in [-0.2, 0) is 9.47 Å². The molecule has 21 heavy (non-hydrogen) atoms. The van der Waals surface area contributed by atoms with Gasteiger partial charge in [0.2, 0.25) is 0 Å². The second-order valence-electron chi connectivity index (χ2n) is 6.14. The molecule has 6 heteroatoms. The highest BCUT2D eigenvalue weighted by Crippen LogP contribution is 2.51. The van der Waals surface area contributed by atoms with E-state index in [0.29, 0.717) is 31.2 Å². The van der Waals surface area contributed by atoms with Crippen molar-refractivity contribution in [1.29, 1.82) is 0 Å². The lowest BCUT2D eigenvalue weighted by molar-refractivity contribution is -0.106. The van der Waals surface area contributed by atoms with Gasteiger partial charge in [0, 0.05) is 37.1 Å². The number of halogens is 1. The topological polar surface area (TPSA) is 54.9 Å². The summed E-state index contributed by atoms with van der Waals surface area (Å²) in [5.74, 6) is 1.52. The predicted molar refractivity (Wildman–Crippen MR) is 96.4 cm³/mol. The van der Waals surface area contributed by atoms with Crippen LogP contribution in [0.4, 0.5) is 0 Å². The van der Waals surface area contributed by atoms with Crippen LogP contribution in [0.25, 0.3) is 0 Å². The Balaban J connectivity index is 0.00000220. The highest BCUT2D eigenvalue weighted by molar-refractivity contribution is 14.0. The summed E-state index contributed by atoms with van der Waals surface area (Å²) in [4.78, 5) is 4.58. The Morgan fingerprint density at radius 3 is 2.81 bits per heavy atom. The molecule has 3 unspecified atom stereocenters. The zero-order valence-corrected chi connectivity index (χ0v) is 16.0. The molecule has 1 saturated heterocycles. The first kappa shape index (κ1) is 19.0. The second kappa shape index (κ2) is 8.53. The zero-order chi connectivity index (χ0) is 14.6. The molecule has 2 rings (SSSR count). The van der Waals surface area contributed by atoms with E-state index in [-0.39, 0.29) is 29.4 Å². The van der Waals surface area contributed by atoms with Crippen LogP contribution in [0.3, 0.4) is 0 Å². The molecule has 3 atom stereocenters. The van der Waals surface area contributed by atoms with Gasteiger partial charge >= 0.3 is 0 Å². The maximum Gasteiger partial charge on any atom is 0.191 e. The SMILES string of the molecule is CCNC(=NCCOCC)NC1C2CCOC2C1(C)C.I. The van der Waals surface area contributed by atoms with Crippen LogP contribution in [0, 0.1) is 11.3 Å². The number of aliphatic imine (C=N–C) groups is 1. The molecule has 0 spiro atoms. The molecule has 1 aliphatic carbocycles. The van der Waals surface area contributed by atoms with E-state index in [4.69, 9.17) is 9.47 Å². The summed E-state index contributed by atoms with van der Waals surface area (Å²) in [5, 5.41) is 6.92. The molecular weight excluding hydrogens is 381 g/mol. The fourth-order valence-corrected chi connectivity index (χ4v) is 3.45. The average Bonchev–Trinajstić information content (AvgIpc) is 2.87. The number of rotatable bonds is 6. The monoisotopic (exact) mass is 411 g/mol. The minimum atomic E-state index is 0. The number of nitrogens with one attached hydrogen (secondary N) is 2. The van der Waals surface area contributed by atoms with Crippen LogP contribution in [0.1, 0.15) is 34.1 Å². The summed E-state index contributed by atoms with van der Waals surface area (Å²) in [6.45, 7) is 12.5. The third-order valence-corrected chi connectivity index (χ3v) is 4.45. The van der Waals surface area contributed by atoms with Crippen molar-refractivity contribution in [3.05, 3.63) is 0 Å². The third kappa shape index (κ3) is 4.22. The van der Waals surface area contributed by atoms with Crippen LogP contribution in [0.2, 0.25) is 0 Å². The van der Waals surface area contributed by atoms with E-state index in [1.165, 1.54) is 0 Å². The lowest BCUT2D eigenvalue weighted by atomic mass is 9.57. The molecular formula is C15H30IN3O2. The minimum absolute atomic E-state index is 0. The first-order valence-electron chi connectivity index (χ1n) is 7.85. The summed E-state index contributed by atoms with van der Waals surface area (Å²) in [6, 6.07) is 0.444. The number of hydrogen-bond acceptors (Lipinski definition) is 3. The first-order chi connectivity index (χ1) is 9.61. The summed E-state index contributed by atoms with van der Waals surface area (Å²) in [6.07, 6.45) is 1.57. The average molecular weight is 411 g/mol. The van der Waals surface area contributed by atoms with Crippen LogP contribution in [0.15, 0.2) is 4.99 Å². The Morgan fingerprint density at radius 2 is 2.14 bits per heavy atom. The summed E-state index contributed by atoms with van der Waals surface area (Å²) in [5.41, 5.74) is 0.178. The van der Waals surface area contributed by atoms with Gasteiger partial charge in [0.25, 0.3) is 0 Å². The number of fused-ring (bicyclic) bond motifs is 1. The standard InChI is InChI=1S/C15H29N3O2.HI/c1-5-16-14(17-8-10-19-6-2)18-12-11-7-9-20-13(11)15(12,3)4;/h11-13H,5-10H2,1-4H3,(H2,16,17,18);1H. The fourth-order valence-electron chi connectivity index (χ4n) is 3.45. The highest BCUT2D eigenvalue weighted by Gasteiger charge is 2.59. The molecule has 0 amide bonds. The van der Waals surface area contributed by atoms with E-state index in [9.17, 15) is 0 Å². The van der Waals surface area contributed by atoms with E-state index in [1.807, 2.05) is 6.92 Å². The van der Waals surface area contributed by atoms with Gasteiger partial charge in [-0.1, -0.05) is 13.8 Å². The molecule has 1 aliphatic heterocycles. The van der Waals surface area contributed by atoms with Crippen LogP contribution in [0.5, 0.6) is 0 Å². The van der Waals surface area contributed by atoms with Crippen LogP contribution in [-0.4, -0.2) is 51.0 Å². The fraction of sp³-hybridized carbons (Fsp3) is 0.933. The smallest absolute Gasteiger partial charge is 0.191 e. The molecule has 1 saturated carbocycles. The normalized spacial score (nSPS) is 30.1. The lowest BCUT2D eigenvalue weighted by Gasteiger charge is -2.54. The molecule has 0 bridgehead atoms. The molecule has 0 aromatic rings. The Bertz CT molecular complexity index is 350. The third-order valence-electron chi connectivity index (χ3n) is 4.45. The van der Waals surface area contributed by atoms with Gasteiger partial charge in [-0.3, -0.25) is 4.99 Å². The quantitative estimate of drug-likeness (QED) is 0.304. The number of hydrogen-bond donors (Lipinski definition) is 2. The maximum absolute atomic E-state index is 5.83. The molecule has 0 aromatic carbocycles. The second-order valence-corrected chi connectivity index (χ2v) is 6.14. The molecule has 2 N–H and O–H groups in total. The van der Waals surface area contributed by atoms with Crippen molar-refractivity contribution < 1.29 is 9.47 Å². The van der Waals surface area contributed by atoms with Crippen molar-refractivity contribution in [3.63, 3.8) is 0 Å². The van der Waals surface area contributed by atoms with Crippen LogP contribution >= 0.6 is 24.0 Å². The molecule has 2 aliphatic rings. The largest absolute Gasteiger partial charge is 0.380 e. The van der Waals surface area contributed by atoms with Crippen molar-refractivity contribution in [3.8, 4) is 0 Å². The van der Waals surface area contributed by atoms with Crippen molar-refractivity contribution >= 4 is 29.9 Å². The maximum atomic E-state index is 5.83. The van der Waals surface area contributed by atoms with Crippen molar-refractivity contribution in [2.45, 2.75) is 46.3 Å². The Morgan fingerprint density at radius 1 is 1.38 bits per heavy atom. The summed E-state index contributed by atoms with van der Waals surface area (Å²) in [7, 11) is 0. The number of nitrogens with zero attached hydrogens (tertiary/aromatic N) is 1. The number of guanidine groups is 1. The van der Waals surface area contributed by atoms with Crippen molar-refractivity contribution in [2.24, 2.45) is 16.3 Å². The van der Waals surface area contributed by atoms with Crippen LogP contribution < -0.4 is 10.6 Å². The minimum Gasteiger partial charge on any atom is -0.380 e. The Labute approximate surface area is 145 Å². The van der Waals surface area contributed by atoms with Gasteiger partial charge in [-0.25, -0.2) is 0 Å². The van der Waals surface area contributed by atoms with E-state index in [1.54, 1.807) is 0 Å². The molecule has 0 radical (unpaired) electrons. The van der Waals surface area contributed by atoms with E-state index >= 15 is 0 Å². The molecule has 5 nitrogen and oxygen atoms in total. The van der Waals surface area contributed by atoms with Gasteiger partial charge in [0.15, 0.2) is 5.96 Å². The van der Waals surface area contributed by atoms with Gasteiger partial charge in [-0.15, -0.1) is 24.0 Å². The lowest BCUT2D eigenvalue weighted by Crippen LogP contribution is -2.68. The van der Waals surface area contributed by atoms with Gasteiger partial charge in [0.1, 0.15) is 0 Å². The van der Waals surface area contributed by atoms with E-state index in [2.05, 4.69) is 36.4 Å². The van der Waals surface area contributed by atoms with Gasteiger partial charge < -0.3 is 20.1 Å². The van der Waals surface area contributed by atoms with Gasteiger partial charge in [-0.05, 0) is 20.3 Å². The van der Waals surface area contributed by atoms with Gasteiger partial charge in [0.05, 0.1) is 19.3 Å². The molecule has 124 valence electrons. The highest BCUT2D eigenvalue weighted by atomic mass is 127. The summed E-state index contributed by atoms with van der Waals surface area (Å²) < 4.78 is 11.2. The van der Waals surface area contributed by atoms with E-state index in [0.717, 1.165) is 32.1 Å². The molecule has 0 aromatic heterocycles. The Kier molecular flexibility index (Phi) is 7.70. The van der Waals surface area contributed by atoms with E-state index < -0.39 is 0 Å².